The highest BCUT2D eigenvalue weighted by molar-refractivity contribution is 5.00. The van der Waals surface area contributed by atoms with Crippen LogP contribution in [0.3, 0.4) is 0 Å². The lowest BCUT2D eigenvalue weighted by Gasteiger charge is -2.27. The zero-order valence-electron chi connectivity index (χ0n) is 12.9. The first-order chi connectivity index (χ1) is 9.81. The van der Waals surface area contributed by atoms with E-state index in [2.05, 4.69) is 29.2 Å². The Bertz CT molecular complexity index is 406. The van der Waals surface area contributed by atoms with Crippen molar-refractivity contribution in [1.82, 2.24) is 15.1 Å². The maximum absolute atomic E-state index is 4.79. The molecular formula is C17H29N3. The number of nitrogens with one attached hydrogen (secondary N) is 1. The zero-order valence-corrected chi connectivity index (χ0v) is 12.9. The van der Waals surface area contributed by atoms with Crippen LogP contribution >= 0.6 is 0 Å². The van der Waals surface area contributed by atoms with Gasteiger partial charge in [-0.1, -0.05) is 39.0 Å². The van der Waals surface area contributed by atoms with E-state index in [-0.39, 0.29) is 0 Å². The van der Waals surface area contributed by atoms with E-state index in [1.807, 2.05) is 0 Å². The van der Waals surface area contributed by atoms with Crippen molar-refractivity contribution in [1.29, 1.82) is 0 Å². The Labute approximate surface area is 123 Å². The van der Waals surface area contributed by atoms with E-state index in [1.54, 1.807) is 0 Å². The minimum atomic E-state index is 0.659. The molecule has 0 bridgehead atoms. The van der Waals surface area contributed by atoms with Gasteiger partial charge in [-0.15, -0.1) is 0 Å². The van der Waals surface area contributed by atoms with Crippen LogP contribution in [0.5, 0.6) is 0 Å². The molecule has 1 N–H and O–H groups in total. The highest BCUT2D eigenvalue weighted by Gasteiger charge is 2.19. The van der Waals surface area contributed by atoms with Crippen molar-refractivity contribution in [3.8, 4) is 0 Å². The van der Waals surface area contributed by atoms with Crippen molar-refractivity contribution in [2.24, 2.45) is 5.92 Å². The fraction of sp³-hybridized carbons (Fsp3) is 0.824. The van der Waals surface area contributed by atoms with Gasteiger partial charge in [0.05, 0.1) is 11.7 Å². The Kier molecular flexibility index (Phi) is 4.77. The van der Waals surface area contributed by atoms with E-state index >= 15 is 0 Å². The Morgan fingerprint density at radius 1 is 1.15 bits per heavy atom. The van der Waals surface area contributed by atoms with E-state index in [0.717, 1.165) is 12.5 Å². The van der Waals surface area contributed by atoms with Gasteiger partial charge in [0.1, 0.15) is 0 Å². The Balaban J connectivity index is 1.49. The van der Waals surface area contributed by atoms with Gasteiger partial charge >= 0.3 is 0 Å². The molecule has 0 aliphatic heterocycles. The van der Waals surface area contributed by atoms with Crippen LogP contribution in [0, 0.1) is 5.92 Å². The average Bonchev–Trinajstić information content (AvgIpc) is 2.95. The Morgan fingerprint density at radius 3 is 2.80 bits per heavy atom. The van der Waals surface area contributed by atoms with Crippen molar-refractivity contribution in [3.05, 3.63) is 18.0 Å². The first-order valence-electron chi connectivity index (χ1n) is 8.58. The lowest BCUT2D eigenvalue weighted by Crippen LogP contribution is -2.33. The normalized spacial score (nSPS) is 28.6. The van der Waals surface area contributed by atoms with Crippen molar-refractivity contribution in [3.63, 3.8) is 0 Å². The second kappa shape index (κ2) is 6.75. The molecule has 20 heavy (non-hydrogen) atoms. The second-order valence-corrected chi connectivity index (χ2v) is 6.93. The van der Waals surface area contributed by atoms with Crippen LogP contribution in [-0.2, 0) is 6.54 Å². The number of rotatable bonds is 4. The van der Waals surface area contributed by atoms with Crippen LogP contribution in [0.4, 0.5) is 0 Å². The summed E-state index contributed by atoms with van der Waals surface area (Å²) in [5, 5.41) is 8.50. The van der Waals surface area contributed by atoms with Crippen LogP contribution in [0.1, 0.15) is 76.4 Å². The van der Waals surface area contributed by atoms with Crippen molar-refractivity contribution in [2.75, 3.05) is 0 Å². The molecule has 1 aromatic rings. The predicted octanol–water partition coefficient (Wildman–Crippen LogP) is 4.06. The largest absolute Gasteiger partial charge is 0.308 e. The van der Waals surface area contributed by atoms with E-state index in [0.29, 0.717) is 12.1 Å². The maximum Gasteiger partial charge on any atom is 0.0762 e. The van der Waals surface area contributed by atoms with Gasteiger partial charge in [0, 0.05) is 18.8 Å². The summed E-state index contributed by atoms with van der Waals surface area (Å²) in [6, 6.07) is 3.57. The predicted molar refractivity (Wildman–Crippen MR) is 82.6 cm³/mol. The van der Waals surface area contributed by atoms with Crippen LogP contribution < -0.4 is 5.32 Å². The van der Waals surface area contributed by atoms with Crippen molar-refractivity contribution >= 4 is 0 Å². The number of aromatic nitrogens is 2. The minimum Gasteiger partial charge on any atom is -0.308 e. The number of hydrogen-bond donors (Lipinski definition) is 1. The molecule has 2 atom stereocenters. The molecule has 1 heterocycles. The molecule has 0 saturated heterocycles. The molecule has 0 amide bonds. The molecule has 2 aliphatic rings. The third-order valence-electron chi connectivity index (χ3n) is 5.12. The lowest BCUT2D eigenvalue weighted by atomic mass is 9.87. The average molecular weight is 275 g/mol. The summed E-state index contributed by atoms with van der Waals surface area (Å²) in [6.45, 7) is 3.32. The molecule has 0 radical (unpaired) electrons. The highest BCUT2D eigenvalue weighted by Crippen LogP contribution is 2.27. The quantitative estimate of drug-likeness (QED) is 0.898. The molecular weight excluding hydrogens is 246 g/mol. The van der Waals surface area contributed by atoms with E-state index in [4.69, 9.17) is 5.10 Å². The smallest absolute Gasteiger partial charge is 0.0762 e. The molecule has 3 heteroatoms. The van der Waals surface area contributed by atoms with Crippen molar-refractivity contribution in [2.45, 2.75) is 83.3 Å². The van der Waals surface area contributed by atoms with Crippen LogP contribution in [-0.4, -0.2) is 15.8 Å². The SMILES string of the molecule is CC1CCCC(NCc2ccn(C3CCCCC3)n2)C1. The van der Waals surface area contributed by atoms with Gasteiger partial charge in [-0.2, -0.15) is 5.10 Å². The van der Waals surface area contributed by atoms with Gasteiger partial charge in [-0.3, -0.25) is 4.68 Å². The van der Waals surface area contributed by atoms with Gasteiger partial charge in [-0.05, 0) is 37.7 Å². The molecule has 3 rings (SSSR count). The fourth-order valence-electron chi connectivity index (χ4n) is 3.89. The molecule has 2 fully saturated rings. The molecule has 3 nitrogen and oxygen atoms in total. The maximum atomic E-state index is 4.79. The molecule has 2 aliphatic carbocycles. The summed E-state index contributed by atoms with van der Waals surface area (Å²) in [5.74, 6) is 0.890. The van der Waals surface area contributed by atoms with Crippen LogP contribution in [0.15, 0.2) is 12.3 Å². The van der Waals surface area contributed by atoms with Gasteiger partial charge in [0.15, 0.2) is 0 Å². The summed E-state index contributed by atoms with van der Waals surface area (Å²) in [6.07, 6.45) is 14.4. The van der Waals surface area contributed by atoms with Crippen LogP contribution in [0.2, 0.25) is 0 Å². The molecule has 0 spiro atoms. The summed E-state index contributed by atoms with van der Waals surface area (Å²) in [4.78, 5) is 0. The van der Waals surface area contributed by atoms with Gasteiger partial charge in [-0.25, -0.2) is 0 Å². The van der Waals surface area contributed by atoms with E-state index in [1.165, 1.54) is 63.5 Å². The topological polar surface area (TPSA) is 29.9 Å². The molecule has 112 valence electrons. The first kappa shape index (κ1) is 14.1. The number of hydrogen-bond acceptors (Lipinski definition) is 2. The van der Waals surface area contributed by atoms with Gasteiger partial charge in [0.2, 0.25) is 0 Å². The standard InChI is InChI=1S/C17H29N3/c1-14-6-5-7-15(12-14)18-13-16-10-11-20(19-16)17-8-3-2-4-9-17/h10-11,14-15,17-18H,2-9,12-13H2,1H3. The molecule has 0 aromatic carbocycles. The fourth-order valence-corrected chi connectivity index (χ4v) is 3.89. The third-order valence-corrected chi connectivity index (χ3v) is 5.12. The van der Waals surface area contributed by atoms with Gasteiger partial charge < -0.3 is 5.32 Å². The molecule has 2 saturated carbocycles. The Morgan fingerprint density at radius 2 is 2.00 bits per heavy atom. The van der Waals surface area contributed by atoms with Crippen LogP contribution in [0.25, 0.3) is 0 Å². The summed E-state index contributed by atoms with van der Waals surface area (Å²) in [7, 11) is 0. The summed E-state index contributed by atoms with van der Waals surface area (Å²) in [5.41, 5.74) is 1.22. The van der Waals surface area contributed by atoms with E-state index in [9.17, 15) is 0 Å². The lowest BCUT2D eigenvalue weighted by molar-refractivity contribution is 0.298. The second-order valence-electron chi connectivity index (χ2n) is 6.93. The van der Waals surface area contributed by atoms with Crippen molar-refractivity contribution < 1.29 is 0 Å². The zero-order chi connectivity index (χ0) is 13.8. The van der Waals surface area contributed by atoms with Gasteiger partial charge in [0.25, 0.3) is 0 Å². The van der Waals surface area contributed by atoms with E-state index < -0.39 is 0 Å². The summed E-state index contributed by atoms with van der Waals surface area (Å²) >= 11 is 0. The Hall–Kier alpha value is -0.830. The summed E-state index contributed by atoms with van der Waals surface area (Å²) < 4.78 is 2.22. The highest BCUT2D eigenvalue weighted by atomic mass is 15.3. The molecule has 1 aromatic heterocycles. The number of nitrogens with zero attached hydrogens (tertiary/aromatic N) is 2. The molecule has 2 unspecified atom stereocenters. The third kappa shape index (κ3) is 3.63. The minimum absolute atomic E-state index is 0.659. The first-order valence-corrected chi connectivity index (χ1v) is 8.58. The monoisotopic (exact) mass is 275 g/mol.